The fourth-order valence-corrected chi connectivity index (χ4v) is 3.24. The Bertz CT molecular complexity index is 646. The number of pyridine rings is 1. The molecule has 25 heavy (non-hydrogen) atoms. The van der Waals surface area contributed by atoms with Crippen LogP contribution < -0.4 is 10.9 Å². The van der Waals surface area contributed by atoms with Gasteiger partial charge < -0.3 is 15.0 Å². The second-order valence-electron chi connectivity index (χ2n) is 7.64. The van der Waals surface area contributed by atoms with Crippen LogP contribution in [0.2, 0.25) is 0 Å². The van der Waals surface area contributed by atoms with Crippen LogP contribution in [0.5, 0.6) is 0 Å². The maximum atomic E-state index is 12.4. The van der Waals surface area contributed by atoms with Gasteiger partial charge in [0, 0.05) is 24.3 Å². The lowest BCUT2D eigenvalue weighted by atomic mass is 9.98. The minimum absolute atomic E-state index is 0.0556. The monoisotopic (exact) mass is 349 g/mol. The SMILES string of the molecule is Cc1cccc(=O)n1C[C@@](C)(O)C(=O)NC[C@H](C)N1CCC(C)CC1. The van der Waals surface area contributed by atoms with Gasteiger partial charge in [-0.3, -0.25) is 14.5 Å². The fourth-order valence-electron chi connectivity index (χ4n) is 3.24. The Morgan fingerprint density at radius 3 is 2.64 bits per heavy atom. The Morgan fingerprint density at radius 1 is 1.40 bits per heavy atom. The van der Waals surface area contributed by atoms with E-state index < -0.39 is 11.5 Å². The highest BCUT2D eigenvalue weighted by molar-refractivity contribution is 5.84. The predicted molar refractivity (Wildman–Crippen MR) is 98.5 cm³/mol. The minimum atomic E-state index is -1.63. The number of amides is 1. The van der Waals surface area contributed by atoms with E-state index in [4.69, 9.17) is 0 Å². The zero-order valence-corrected chi connectivity index (χ0v) is 15.8. The molecule has 1 amide bonds. The smallest absolute Gasteiger partial charge is 0.253 e. The van der Waals surface area contributed by atoms with Crippen molar-refractivity contribution in [3.8, 4) is 0 Å². The van der Waals surface area contributed by atoms with Crippen molar-refractivity contribution in [3.05, 3.63) is 34.2 Å². The molecule has 1 fully saturated rings. The standard InChI is InChI=1S/C19H31N3O3/c1-14-8-10-21(11-9-14)16(3)12-20-18(24)19(4,25)13-22-15(2)6-5-7-17(22)23/h5-7,14,16,25H,8-13H2,1-4H3,(H,20,24)/t16-,19+/m0/s1. The summed E-state index contributed by atoms with van der Waals surface area (Å²) in [5.74, 6) is 0.325. The number of aliphatic hydroxyl groups is 1. The van der Waals surface area contributed by atoms with Crippen LogP contribution in [0.1, 0.15) is 39.3 Å². The van der Waals surface area contributed by atoms with Gasteiger partial charge in [0.2, 0.25) is 0 Å². The van der Waals surface area contributed by atoms with Gasteiger partial charge in [-0.25, -0.2) is 0 Å². The first-order chi connectivity index (χ1) is 11.7. The molecule has 0 saturated carbocycles. The van der Waals surface area contributed by atoms with Crippen LogP contribution in [0.25, 0.3) is 0 Å². The highest BCUT2D eigenvalue weighted by Gasteiger charge is 2.32. The molecule has 2 atom stereocenters. The normalized spacial score (nSPS) is 20.0. The Hall–Kier alpha value is -1.66. The molecule has 0 bridgehead atoms. The van der Waals surface area contributed by atoms with E-state index in [0.29, 0.717) is 6.54 Å². The summed E-state index contributed by atoms with van der Waals surface area (Å²) >= 11 is 0. The van der Waals surface area contributed by atoms with Gasteiger partial charge in [0.25, 0.3) is 11.5 Å². The van der Waals surface area contributed by atoms with Gasteiger partial charge in [0.05, 0.1) is 6.54 Å². The summed E-state index contributed by atoms with van der Waals surface area (Å²) in [5, 5.41) is 13.4. The number of likely N-dealkylation sites (tertiary alicyclic amines) is 1. The number of nitrogens with zero attached hydrogens (tertiary/aromatic N) is 2. The molecule has 0 radical (unpaired) electrons. The van der Waals surface area contributed by atoms with E-state index in [-0.39, 0.29) is 18.1 Å². The predicted octanol–water partition coefficient (Wildman–Crippen LogP) is 1.14. The van der Waals surface area contributed by atoms with Gasteiger partial charge in [-0.2, -0.15) is 0 Å². The van der Waals surface area contributed by atoms with Crippen LogP contribution in [-0.2, 0) is 11.3 Å². The molecule has 2 rings (SSSR count). The fraction of sp³-hybridized carbons (Fsp3) is 0.684. The number of carbonyl (C=O) groups is 1. The van der Waals surface area contributed by atoms with Gasteiger partial charge in [-0.15, -0.1) is 0 Å². The third-order valence-electron chi connectivity index (χ3n) is 5.22. The summed E-state index contributed by atoms with van der Waals surface area (Å²) in [7, 11) is 0. The van der Waals surface area contributed by atoms with Gasteiger partial charge in [0.1, 0.15) is 0 Å². The van der Waals surface area contributed by atoms with Crippen molar-refractivity contribution in [2.75, 3.05) is 19.6 Å². The van der Waals surface area contributed by atoms with Crippen molar-refractivity contribution in [3.63, 3.8) is 0 Å². The molecule has 0 spiro atoms. The number of aromatic nitrogens is 1. The zero-order chi connectivity index (χ0) is 18.6. The first-order valence-corrected chi connectivity index (χ1v) is 9.12. The molecule has 140 valence electrons. The lowest BCUT2D eigenvalue weighted by Gasteiger charge is -2.35. The number of nitrogens with one attached hydrogen (secondary N) is 1. The molecule has 1 aliphatic heterocycles. The summed E-state index contributed by atoms with van der Waals surface area (Å²) in [6.45, 7) is 10.1. The number of aryl methyl sites for hydroxylation is 1. The number of carbonyl (C=O) groups excluding carboxylic acids is 1. The Kier molecular flexibility index (Phi) is 6.41. The summed E-state index contributed by atoms with van der Waals surface area (Å²) in [5.41, 5.74) is -1.13. The van der Waals surface area contributed by atoms with Crippen molar-refractivity contribution >= 4 is 5.91 Å². The minimum Gasteiger partial charge on any atom is -0.378 e. The van der Waals surface area contributed by atoms with E-state index in [1.807, 2.05) is 0 Å². The first-order valence-electron chi connectivity index (χ1n) is 9.12. The van der Waals surface area contributed by atoms with Gasteiger partial charge >= 0.3 is 0 Å². The van der Waals surface area contributed by atoms with Crippen LogP contribution in [0.3, 0.4) is 0 Å². The van der Waals surface area contributed by atoms with Crippen molar-refractivity contribution in [1.29, 1.82) is 0 Å². The van der Waals surface area contributed by atoms with Crippen LogP contribution in [0.4, 0.5) is 0 Å². The Balaban J connectivity index is 1.91. The van der Waals surface area contributed by atoms with Crippen LogP contribution in [-0.4, -0.2) is 51.8 Å². The summed E-state index contributed by atoms with van der Waals surface area (Å²) < 4.78 is 1.43. The van der Waals surface area contributed by atoms with E-state index in [9.17, 15) is 14.7 Å². The second kappa shape index (κ2) is 8.15. The molecule has 0 aliphatic carbocycles. The highest BCUT2D eigenvalue weighted by atomic mass is 16.3. The number of rotatable bonds is 6. The number of hydrogen-bond donors (Lipinski definition) is 2. The van der Waals surface area contributed by atoms with E-state index in [1.165, 1.54) is 30.4 Å². The molecule has 1 aromatic heterocycles. The quantitative estimate of drug-likeness (QED) is 0.808. The van der Waals surface area contributed by atoms with Crippen molar-refractivity contribution in [2.24, 2.45) is 5.92 Å². The molecule has 6 nitrogen and oxygen atoms in total. The lowest BCUT2D eigenvalue weighted by Crippen LogP contribution is -2.52. The van der Waals surface area contributed by atoms with E-state index >= 15 is 0 Å². The Morgan fingerprint density at radius 2 is 2.04 bits per heavy atom. The number of hydrogen-bond acceptors (Lipinski definition) is 4. The summed E-state index contributed by atoms with van der Waals surface area (Å²) in [4.78, 5) is 26.8. The maximum absolute atomic E-state index is 12.4. The molecule has 2 N–H and O–H groups in total. The summed E-state index contributed by atoms with van der Waals surface area (Å²) in [6, 6.07) is 5.12. The van der Waals surface area contributed by atoms with Crippen molar-refractivity contribution < 1.29 is 9.90 Å². The van der Waals surface area contributed by atoms with E-state index in [0.717, 1.165) is 24.7 Å². The van der Waals surface area contributed by atoms with Gasteiger partial charge in [0.15, 0.2) is 5.60 Å². The molecule has 6 heteroatoms. The van der Waals surface area contributed by atoms with E-state index in [1.54, 1.807) is 19.1 Å². The largest absolute Gasteiger partial charge is 0.378 e. The topological polar surface area (TPSA) is 74.6 Å². The maximum Gasteiger partial charge on any atom is 0.253 e. The highest BCUT2D eigenvalue weighted by Crippen LogP contribution is 2.17. The number of piperidine rings is 1. The second-order valence-corrected chi connectivity index (χ2v) is 7.64. The van der Waals surface area contributed by atoms with Crippen LogP contribution in [0.15, 0.2) is 23.0 Å². The molecule has 1 aromatic rings. The molecule has 0 unspecified atom stereocenters. The average Bonchev–Trinajstić information content (AvgIpc) is 2.56. The van der Waals surface area contributed by atoms with Crippen LogP contribution in [0, 0.1) is 12.8 Å². The molecule has 1 saturated heterocycles. The average molecular weight is 349 g/mol. The lowest BCUT2D eigenvalue weighted by molar-refractivity contribution is -0.139. The Labute approximate surface area is 149 Å². The molecule has 2 heterocycles. The van der Waals surface area contributed by atoms with Gasteiger partial charge in [-0.05, 0) is 58.7 Å². The van der Waals surface area contributed by atoms with Crippen molar-refractivity contribution in [1.82, 2.24) is 14.8 Å². The molecule has 0 aromatic carbocycles. The third kappa shape index (κ3) is 5.16. The molecular formula is C19H31N3O3. The zero-order valence-electron chi connectivity index (χ0n) is 15.8. The third-order valence-corrected chi connectivity index (χ3v) is 5.22. The molecule has 1 aliphatic rings. The van der Waals surface area contributed by atoms with Gasteiger partial charge in [-0.1, -0.05) is 13.0 Å². The van der Waals surface area contributed by atoms with Crippen molar-refractivity contribution in [2.45, 2.75) is 58.7 Å². The van der Waals surface area contributed by atoms with E-state index in [2.05, 4.69) is 24.1 Å². The first kappa shape index (κ1) is 19.7. The molecular weight excluding hydrogens is 318 g/mol. The van der Waals surface area contributed by atoms with Crippen LogP contribution >= 0.6 is 0 Å². The summed E-state index contributed by atoms with van der Waals surface area (Å²) in [6.07, 6.45) is 2.37.